The standard InChI is InChI=1S/C67H116O6/c1-4-7-10-13-16-19-22-24-26-27-28-29-30-31-32-33-34-35-36-37-38-39-40-41-42-44-45-48-51-54-57-60-66(69)72-63-64(62-71-65(68)59-56-53-50-47-21-18-15-12-9-6-3)73-67(70)61-58-55-52-49-46-43-25-23-20-17-14-11-8-5-2/h7,10,14,16-17,19,23-26,28-29,31-32,64H,4-6,8-9,11-13,15,18,20-22,27,30,33-63H2,1-3H3/b10-7-,17-14-,19-16-,25-23-,26-24-,29-28-,32-31-. The van der Waals surface area contributed by atoms with Gasteiger partial charge in [-0.1, -0.05) is 279 Å². The van der Waals surface area contributed by atoms with Gasteiger partial charge in [0.25, 0.3) is 0 Å². The van der Waals surface area contributed by atoms with Crippen molar-refractivity contribution < 1.29 is 28.6 Å². The van der Waals surface area contributed by atoms with E-state index in [1.165, 1.54) is 148 Å². The zero-order valence-corrected chi connectivity index (χ0v) is 48.1. The average Bonchev–Trinajstić information content (AvgIpc) is 3.39. The highest BCUT2D eigenvalue weighted by Gasteiger charge is 2.19. The molecule has 0 aromatic heterocycles. The van der Waals surface area contributed by atoms with Gasteiger partial charge in [0.15, 0.2) is 6.10 Å². The van der Waals surface area contributed by atoms with Crippen LogP contribution >= 0.6 is 0 Å². The normalized spacial score (nSPS) is 12.6. The summed E-state index contributed by atoms with van der Waals surface area (Å²) in [5.41, 5.74) is 0. The summed E-state index contributed by atoms with van der Waals surface area (Å²) in [6.07, 6.45) is 80.3. The van der Waals surface area contributed by atoms with E-state index in [1.807, 2.05) is 0 Å². The van der Waals surface area contributed by atoms with E-state index in [4.69, 9.17) is 14.2 Å². The Hall–Kier alpha value is -3.41. The van der Waals surface area contributed by atoms with Gasteiger partial charge in [0, 0.05) is 19.3 Å². The topological polar surface area (TPSA) is 78.9 Å². The van der Waals surface area contributed by atoms with Gasteiger partial charge >= 0.3 is 17.9 Å². The molecule has 0 radical (unpaired) electrons. The molecule has 0 amide bonds. The highest BCUT2D eigenvalue weighted by Crippen LogP contribution is 2.16. The van der Waals surface area contributed by atoms with E-state index in [0.717, 1.165) is 116 Å². The maximum absolute atomic E-state index is 12.8. The summed E-state index contributed by atoms with van der Waals surface area (Å²) >= 11 is 0. The monoisotopic (exact) mass is 1020 g/mol. The van der Waals surface area contributed by atoms with E-state index in [1.54, 1.807) is 0 Å². The van der Waals surface area contributed by atoms with E-state index < -0.39 is 6.10 Å². The van der Waals surface area contributed by atoms with Crippen LogP contribution in [0.25, 0.3) is 0 Å². The van der Waals surface area contributed by atoms with Crippen molar-refractivity contribution in [1.82, 2.24) is 0 Å². The Morgan fingerprint density at radius 1 is 0.288 bits per heavy atom. The quantitative estimate of drug-likeness (QED) is 0.0261. The van der Waals surface area contributed by atoms with E-state index in [2.05, 4.69) is 106 Å². The van der Waals surface area contributed by atoms with Crippen molar-refractivity contribution in [3.05, 3.63) is 85.1 Å². The Kier molecular flexibility index (Phi) is 58.3. The summed E-state index contributed by atoms with van der Waals surface area (Å²) in [5, 5.41) is 0. The van der Waals surface area contributed by atoms with Crippen LogP contribution in [0, 0.1) is 0 Å². The minimum atomic E-state index is -0.780. The average molecular weight is 1020 g/mol. The molecule has 0 aromatic carbocycles. The van der Waals surface area contributed by atoms with Crippen LogP contribution in [0.3, 0.4) is 0 Å². The van der Waals surface area contributed by atoms with Gasteiger partial charge < -0.3 is 14.2 Å². The Morgan fingerprint density at radius 3 is 0.877 bits per heavy atom. The molecule has 0 fully saturated rings. The minimum absolute atomic E-state index is 0.0782. The summed E-state index contributed by atoms with van der Waals surface area (Å²) in [7, 11) is 0. The zero-order valence-electron chi connectivity index (χ0n) is 48.1. The van der Waals surface area contributed by atoms with Crippen molar-refractivity contribution in [2.45, 2.75) is 309 Å². The summed E-state index contributed by atoms with van der Waals surface area (Å²) in [6.45, 7) is 6.48. The summed E-state index contributed by atoms with van der Waals surface area (Å²) in [4.78, 5) is 38.1. The van der Waals surface area contributed by atoms with Gasteiger partial charge in [0.05, 0.1) is 0 Å². The van der Waals surface area contributed by atoms with Crippen molar-refractivity contribution >= 4 is 17.9 Å². The third-order valence-electron chi connectivity index (χ3n) is 13.4. The van der Waals surface area contributed by atoms with E-state index in [0.29, 0.717) is 19.3 Å². The molecule has 0 saturated heterocycles. The highest BCUT2D eigenvalue weighted by molar-refractivity contribution is 5.71. The number of esters is 3. The lowest BCUT2D eigenvalue weighted by atomic mass is 10.0. The largest absolute Gasteiger partial charge is 0.462 e. The molecule has 0 aliphatic carbocycles. The lowest BCUT2D eigenvalue weighted by molar-refractivity contribution is -0.167. The number of unbranched alkanes of at least 4 members (excludes halogenated alkanes) is 31. The van der Waals surface area contributed by atoms with Gasteiger partial charge in [-0.25, -0.2) is 0 Å². The van der Waals surface area contributed by atoms with Crippen molar-refractivity contribution in [1.29, 1.82) is 0 Å². The van der Waals surface area contributed by atoms with Crippen molar-refractivity contribution in [2.24, 2.45) is 0 Å². The molecule has 0 rings (SSSR count). The molecule has 0 aromatic rings. The molecule has 1 atom stereocenters. The van der Waals surface area contributed by atoms with Crippen molar-refractivity contribution in [3.8, 4) is 0 Å². The summed E-state index contributed by atoms with van der Waals surface area (Å²) in [6, 6.07) is 0. The summed E-state index contributed by atoms with van der Waals surface area (Å²) < 4.78 is 16.8. The molecule has 0 N–H and O–H groups in total. The molecule has 73 heavy (non-hydrogen) atoms. The Balaban J connectivity index is 4.13. The van der Waals surface area contributed by atoms with Crippen LogP contribution in [0.1, 0.15) is 303 Å². The lowest BCUT2D eigenvalue weighted by Crippen LogP contribution is -2.30. The van der Waals surface area contributed by atoms with Crippen molar-refractivity contribution in [3.63, 3.8) is 0 Å². The fourth-order valence-corrected chi connectivity index (χ4v) is 8.72. The Morgan fingerprint density at radius 2 is 0.548 bits per heavy atom. The van der Waals surface area contributed by atoms with E-state index >= 15 is 0 Å². The van der Waals surface area contributed by atoms with E-state index in [9.17, 15) is 14.4 Å². The lowest BCUT2D eigenvalue weighted by Gasteiger charge is -2.18. The molecule has 1 unspecified atom stereocenters. The minimum Gasteiger partial charge on any atom is -0.462 e. The SMILES string of the molecule is CC/C=C\C/C=C\C/C=C\C/C=C\C/C=C\CCCCCCCCCCCCCCCCCC(=O)OCC(COC(=O)CCCCCCCCCCCC)OC(=O)CCCCCCC/C=C\C/C=C\CCCC. The van der Waals surface area contributed by atoms with Gasteiger partial charge in [0.1, 0.15) is 13.2 Å². The Labute approximate surface area is 452 Å². The number of rotatable bonds is 56. The van der Waals surface area contributed by atoms with Crippen LogP contribution in [0.15, 0.2) is 85.1 Å². The Bertz CT molecular complexity index is 1400. The molecule has 0 heterocycles. The van der Waals surface area contributed by atoms with Crippen LogP contribution in [-0.2, 0) is 28.6 Å². The van der Waals surface area contributed by atoms with Gasteiger partial charge in [-0.05, 0) is 89.9 Å². The first-order valence-electron chi connectivity index (χ1n) is 31.1. The molecular formula is C67H116O6. The van der Waals surface area contributed by atoms with Crippen LogP contribution in [0.5, 0.6) is 0 Å². The second-order valence-corrected chi connectivity index (χ2v) is 20.6. The number of ether oxygens (including phenoxy) is 3. The first kappa shape index (κ1) is 69.6. The first-order valence-corrected chi connectivity index (χ1v) is 31.1. The predicted octanol–water partition coefficient (Wildman–Crippen LogP) is 21.1. The fourth-order valence-electron chi connectivity index (χ4n) is 8.72. The first-order chi connectivity index (χ1) is 36.0. The number of hydrogen-bond acceptors (Lipinski definition) is 6. The second-order valence-electron chi connectivity index (χ2n) is 20.6. The van der Waals surface area contributed by atoms with Gasteiger partial charge in [-0.3, -0.25) is 14.4 Å². The van der Waals surface area contributed by atoms with Crippen LogP contribution in [0.2, 0.25) is 0 Å². The molecule has 0 aliphatic rings. The third kappa shape index (κ3) is 59.3. The van der Waals surface area contributed by atoms with Crippen LogP contribution in [-0.4, -0.2) is 37.2 Å². The van der Waals surface area contributed by atoms with Crippen LogP contribution < -0.4 is 0 Å². The number of carbonyl (C=O) groups is 3. The molecule has 420 valence electrons. The number of carbonyl (C=O) groups excluding carboxylic acids is 3. The van der Waals surface area contributed by atoms with Crippen LogP contribution in [0.4, 0.5) is 0 Å². The molecule has 0 bridgehead atoms. The predicted molar refractivity (Wildman–Crippen MR) is 316 cm³/mol. The highest BCUT2D eigenvalue weighted by atomic mass is 16.6. The van der Waals surface area contributed by atoms with Crippen molar-refractivity contribution in [2.75, 3.05) is 13.2 Å². The molecule has 0 saturated carbocycles. The maximum atomic E-state index is 12.8. The summed E-state index contributed by atoms with van der Waals surface area (Å²) in [5.74, 6) is -0.884. The molecule has 0 spiro atoms. The smallest absolute Gasteiger partial charge is 0.306 e. The fraction of sp³-hybridized carbons (Fsp3) is 0.746. The third-order valence-corrected chi connectivity index (χ3v) is 13.4. The number of hydrogen-bond donors (Lipinski definition) is 0. The number of allylic oxidation sites excluding steroid dienone is 14. The van der Waals surface area contributed by atoms with E-state index in [-0.39, 0.29) is 31.1 Å². The second kappa shape index (κ2) is 61.1. The molecule has 6 nitrogen and oxygen atoms in total. The molecular weight excluding hydrogens is 901 g/mol. The molecule has 0 aliphatic heterocycles. The zero-order chi connectivity index (χ0) is 52.9. The van der Waals surface area contributed by atoms with Gasteiger partial charge in [-0.2, -0.15) is 0 Å². The molecule has 6 heteroatoms. The van der Waals surface area contributed by atoms with Gasteiger partial charge in [0.2, 0.25) is 0 Å². The van der Waals surface area contributed by atoms with Gasteiger partial charge in [-0.15, -0.1) is 0 Å². The maximum Gasteiger partial charge on any atom is 0.306 e.